The molecule has 29 heavy (non-hydrogen) atoms. The van der Waals surface area contributed by atoms with Crippen LogP contribution in [-0.4, -0.2) is 59.5 Å². The first kappa shape index (κ1) is 20.6. The molecular formula is C23H37N5O. The predicted octanol–water partition coefficient (Wildman–Crippen LogP) is 3.20. The molecule has 2 saturated heterocycles. The van der Waals surface area contributed by atoms with Crippen molar-refractivity contribution in [2.45, 2.75) is 70.8 Å². The number of carbonyl (C=O) groups excluding carboxylic acids is 1. The summed E-state index contributed by atoms with van der Waals surface area (Å²) in [5, 5.41) is 3.16. The third kappa shape index (κ3) is 5.08. The predicted molar refractivity (Wildman–Crippen MR) is 116 cm³/mol. The van der Waals surface area contributed by atoms with Crippen LogP contribution in [0, 0.1) is 11.8 Å². The highest BCUT2D eigenvalue weighted by Gasteiger charge is 2.40. The van der Waals surface area contributed by atoms with Gasteiger partial charge in [0.05, 0.1) is 11.6 Å². The lowest BCUT2D eigenvalue weighted by Crippen LogP contribution is -2.39. The molecule has 2 aliphatic heterocycles. The summed E-state index contributed by atoms with van der Waals surface area (Å²) in [6, 6.07) is 2.20. The van der Waals surface area contributed by atoms with Crippen molar-refractivity contribution >= 4 is 11.9 Å². The zero-order valence-electron chi connectivity index (χ0n) is 18.1. The summed E-state index contributed by atoms with van der Waals surface area (Å²) in [5.41, 5.74) is 1.04. The van der Waals surface area contributed by atoms with Crippen molar-refractivity contribution in [3.63, 3.8) is 0 Å². The summed E-state index contributed by atoms with van der Waals surface area (Å²) in [6.45, 7) is 9.08. The van der Waals surface area contributed by atoms with Crippen molar-refractivity contribution in [3.05, 3.63) is 18.0 Å². The van der Waals surface area contributed by atoms with E-state index in [1.165, 1.54) is 44.9 Å². The zero-order valence-corrected chi connectivity index (χ0v) is 18.1. The molecule has 0 unspecified atom stereocenters. The maximum absolute atomic E-state index is 13.0. The van der Waals surface area contributed by atoms with E-state index in [4.69, 9.17) is 4.98 Å². The van der Waals surface area contributed by atoms with E-state index < -0.39 is 0 Å². The maximum Gasteiger partial charge on any atom is 0.225 e. The lowest BCUT2D eigenvalue weighted by atomic mass is 9.89. The molecule has 2 atom stereocenters. The number of hydrogen-bond acceptors (Lipinski definition) is 5. The number of hydrogen-bond donors (Lipinski definition) is 1. The Balaban J connectivity index is 1.51. The van der Waals surface area contributed by atoms with Crippen LogP contribution in [0.3, 0.4) is 0 Å². The SMILES string of the molecule is CC(C)NC(=O)[C@H]1CN(CC2CCCCC2)C[C@@H]1c1ccnc(N2CCCC2)n1. The number of rotatable bonds is 6. The third-order valence-corrected chi connectivity index (χ3v) is 6.84. The highest BCUT2D eigenvalue weighted by Crippen LogP contribution is 2.35. The summed E-state index contributed by atoms with van der Waals surface area (Å²) in [5.74, 6) is 1.94. The van der Waals surface area contributed by atoms with Crippen molar-refractivity contribution in [1.82, 2.24) is 20.2 Å². The molecule has 3 heterocycles. The molecule has 1 saturated carbocycles. The van der Waals surface area contributed by atoms with Crippen LogP contribution in [0.15, 0.2) is 12.3 Å². The second kappa shape index (κ2) is 9.41. The zero-order chi connectivity index (χ0) is 20.2. The molecule has 0 spiro atoms. The molecular weight excluding hydrogens is 362 g/mol. The number of nitrogens with one attached hydrogen (secondary N) is 1. The van der Waals surface area contributed by atoms with E-state index in [-0.39, 0.29) is 23.8 Å². The van der Waals surface area contributed by atoms with Gasteiger partial charge in [-0.05, 0) is 51.5 Å². The fraction of sp³-hybridized carbons (Fsp3) is 0.783. The Hall–Kier alpha value is -1.69. The molecule has 0 bridgehead atoms. The van der Waals surface area contributed by atoms with E-state index in [9.17, 15) is 4.79 Å². The van der Waals surface area contributed by atoms with Crippen molar-refractivity contribution in [2.75, 3.05) is 37.6 Å². The molecule has 160 valence electrons. The van der Waals surface area contributed by atoms with Crippen LogP contribution in [0.25, 0.3) is 0 Å². The smallest absolute Gasteiger partial charge is 0.225 e. The van der Waals surface area contributed by atoms with Gasteiger partial charge >= 0.3 is 0 Å². The van der Waals surface area contributed by atoms with Crippen molar-refractivity contribution in [2.24, 2.45) is 11.8 Å². The highest BCUT2D eigenvalue weighted by atomic mass is 16.2. The van der Waals surface area contributed by atoms with Gasteiger partial charge in [-0.25, -0.2) is 9.97 Å². The van der Waals surface area contributed by atoms with Gasteiger partial charge in [-0.1, -0.05) is 19.3 Å². The Morgan fingerprint density at radius 2 is 1.90 bits per heavy atom. The average molecular weight is 400 g/mol. The first-order chi connectivity index (χ1) is 14.1. The maximum atomic E-state index is 13.0. The number of amides is 1. The van der Waals surface area contributed by atoms with Crippen molar-refractivity contribution in [1.29, 1.82) is 0 Å². The molecule has 3 fully saturated rings. The molecule has 6 heteroatoms. The van der Waals surface area contributed by atoms with E-state index in [2.05, 4.69) is 20.1 Å². The van der Waals surface area contributed by atoms with Crippen LogP contribution in [0.1, 0.15) is 70.4 Å². The van der Waals surface area contributed by atoms with E-state index in [0.29, 0.717) is 0 Å². The van der Waals surface area contributed by atoms with E-state index in [0.717, 1.165) is 50.3 Å². The van der Waals surface area contributed by atoms with Crippen LogP contribution in [0.2, 0.25) is 0 Å². The van der Waals surface area contributed by atoms with E-state index in [1.807, 2.05) is 26.1 Å². The van der Waals surface area contributed by atoms with Crippen LogP contribution < -0.4 is 10.2 Å². The molecule has 0 radical (unpaired) electrons. The number of aromatic nitrogens is 2. The van der Waals surface area contributed by atoms with E-state index >= 15 is 0 Å². The minimum atomic E-state index is -0.0256. The molecule has 3 aliphatic rings. The number of anilines is 1. The van der Waals surface area contributed by atoms with Gasteiger partial charge < -0.3 is 15.1 Å². The molecule has 0 aromatic carbocycles. The normalized spacial score (nSPS) is 26.4. The minimum Gasteiger partial charge on any atom is -0.354 e. The second-order valence-corrected chi connectivity index (χ2v) is 9.57. The Labute approximate surface area is 175 Å². The molecule has 1 amide bonds. The van der Waals surface area contributed by atoms with Gasteiger partial charge in [0, 0.05) is 50.9 Å². The fourth-order valence-corrected chi connectivity index (χ4v) is 5.36. The second-order valence-electron chi connectivity index (χ2n) is 9.57. The van der Waals surface area contributed by atoms with Gasteiger partial charge in [-0.3, -0.25) is 4.79 Å². The number of likely N-dealkylation sites (tertiary alicyclic amines) is 1. The molecule has 1 N–H and O–H groups in total. The molecule has 1 aliphatic carbocycles. The molecule has 4 rings (SSSR count). The van der Waals surface area contributed by atoms with Gasteiger partial charge in [0.15, 0.2) is 0 Å². The lowest BCUT2D eigenvalue weighted by molar-refractivity contribution is -0.125. The highest BCUT2D eigenvalue weighted by molar-refractivity contribution is 5.80. The summed E-state index contributed by atoms with van der Waals surface area (Å²) >= 11 is 0. The van der Waals surface area contributed by atoms with Crippen molar-refractivity contribution in [3.8, 4) is 0 Å². The minimum absolute atomic E-state index is 0.0256. The van der Waals surface area contributed by atoms with E-state index in [1.54, 1.807) is 0 Å². The Morgan fingerprint density at radius 3 is 2.62 bits per heavy atom. The van der Waals surface area contributed by atoms with Crippen LogP contribution in [-0.2, 0) is 4.79 Å². The van der Waals surface area contributed by atoms with Crippen LogP contribution in [0.4, 0.5) is 5.95 Å². The fourth-order valence-electron chi connectivity index (χ4n) is 5.36. The average Bonchev–Trinajstić information content (AvgIpc) is 3.39. The van der Waals surface area contributed by atoms with Crippen LogP contribution >= 0.6 is 0 Å². The number of carbonyl (C=O) groups is 1. The standard InChI is InChI=1S/C23H37N5O/c1-17(2)25-22(29)20-16-27(14-18-8-4-3-5-9-18)15-19(20)21-10-11-24-23(26-21)28-12-6-7-13-28/h10-11,17-20H,3-9,12-16H2,1-2H3,(H,25,29)/t19-,20-/m0/s1. The van der Waals surface area contributed by atoms with Gasteiger partial charge in [0.1, 0.15) is 0 Å². The molecule has 1 aromatic heterocycles. The third-order valence-electron chi connectivity index (χ3n) is 6.84. The van der Waals surface area contributed by atoms with Crippen LogP contribution in [0.5, 0.6) is 0 Å². The monoisotopic (exact) mass is 399 g/mol. The Bertz CT molecular complexity index is 682. The summed E-state index contributed by atoms with van der Waals surface area (Å²) in [4.78, 5) is 27.3. The first-order valence-corrected chi connectivity index (χ1v) is 11.7. The number of nitrogens with zero attached hydrogens (tertiary/aromatic N) is 4. The largest absolute Gasteiger partial charge is 0.354 e. The Kier molecular flexibility index (Phi) is 6.68. The van der Waals surface area contributed by atoms with Crippen molar-refractivity contribution < 1.29 is 4.79 Å². The first-order valence-electron chi connectivity index (χ1n) is 11.7. The van der Waals surface area contributed by atoms with Gasteiger partial charge in [0.2, 0.25) is 11.9 Å². The quantitative estimate of drug-likeness (QED) is 0.796. The summed E-state index contributed by atoms with van der Waals surface area (Å²) in [6.07, 6.45) is 11.1. The van der Waals surface area contributed by atoms with Gasteiger partial charge in [0.25, 0.3) is 0 Å². The lowest BCUT2D eigenvalue weighted by Gasteiger charge is -2.26. The van der Waals surface area contributed by atoms with Gasteiger partial charge in [-0.15, -0.1) is 0 Å². The summed E-state index contributed by atoms with van der Waals surface area (Å²) in [7, 11) is 0. The summed E-state index contributed by atoms with van der Waals surface area (Å²) < 4.78 is 0. The molecule has 1 aromatic rings. The topological polar surface area (TPSA) is 61.4 Å². The van der Waals surface area contributed by atoms with Gasteiger partial charge in [-0.2, -0.15) is 0 Å². The molecule has 6 nitrogen and oxygen atoms in total. The Morgan fingerprint density at radius 1 is 1.14 bits per heavy atom.